The Labute approximate surface area is 128 Å². The lowest BCUT2D eigenvalue weighted by Crippen LogP contribution is -2.29. The first-order chi connectivity index (χ1) is 9.60. The van der Waals surface area contributed by atoms with Gasteiger partial charge in [-0.3, -0.25) is 4.98 Å². The third kappa shape index (κ3) is 2.40. The zero-order valence-electron chi connectivity index (χ0n) is 11.6. The monoisotopic (exact) mass is 309 g/mol. The van der Waals surface area contributed by atoms with Crippen LogP contribution >= 0.6 is 23.2 Å². The number of rotatable bonds is 2. The molecular formula is C15H17Cl2N3. The number of fused-ring (bicyclic) bond motifs is 2. The molecule has 0 aliphatic carbocycles. The second kappa shape index (κ2) is 5.49. The molecule has 0 fully saturated rings. The number of hydrogen-bond donors (Lipinski definition) is 1. The van der Waals surface area contributed by atoms with E-state index in [0.29, 0.717) is 10.0 Å². The normalized spacial score (nSPS) is 15.6. The van der Waals surface area contributed by atoms with Gasteiger partial charge in [0, 0.05) is 42.2 Å². The average Bonchev–Trinajstić information content (AvgIpc) is 2.40. The standard InChI is InChI=1S/C15H17Cl2N3/c1-18-7-11-10-5-9(16)6-13(17)15(10)19-14-3-4-20(2)8-12(11)14/h5-6,18H,3-4,7-8H2,1-2H3. The van der Waals surface area contributed by atoms with E-state index < -0.39 is 0 Å². The Morgan fingerprint density at radius 3 is 2.90 bits per heavy atom. The van der Waals surface area contributed by atoms with E-state index in [-0.39, 0.29) is 0 Å². The molecule has 1 aliphatic heterocycles. The van der Waals surface area contributed by atoms with Crippen LogP contribution in [0, 0.1) is 0 Å². The van der Waals surface area contributed by atoms with Crippen molar-refractivity contribution < 1.29 is 0 Å². The predicted octanol–water partition coefficient (Wildman–Crippen LogP) is 3.25. The van der Waals surface area contributed by atoms with Crippen molar-refractivity contribution in [3.63, 3.8) is 0 Å². The highest BCUT2D eigenvalue weighted by atomic mass is 35.5. The molecular weight excluding hydrogens is 293 g/mol. The fourth-order valence-corrected chi connectivity index (χ4v) is 3.40. The molecule has 1 aliphatic rings. The molecule has 2 aromatic rings. The van der Waals surface area contributed by atoms with Gasteiger partial charge in [-0.1, -0.05) is 23.2 Å². The molecule has 0 bridgehead atoms. The molecule has 0 radical (unpaired) electrons. The van der Waals surface area contributed by atoms with Crippen LogP contribution in [0.2, 0.25) is 10.0 Å². The summed E-state index contributed by atoms with van der Waals surface area (Å²) in [7, 11) is 4.10. The molecule has 3 nitrogen and oxygen atoms in total. The van der Waals surface area contributed by atoms with Crippen molar-refractivity contribution >= 4 is 34.1 Å². The molecule has 0 unspecified atom stereocenters. The maximum Gasteiger partial charge on any atom is 0.0895 e. The summed E-state index contributed by atoms with van der Waals surface area (Å²) in [5.74, 6) is 0. The van der Waals surface area contributed by atoms with Gasteiger partial charge in [-0.05, 0) is 37.4 Å². The molecule has 1 aromatic carbocycles. The summed E-state index contributed by atoms with van der Waals surface area (Å²) < 4.78 is 0. The van der Waals surface area contributed by atoms with Gasteiger partial charge in [0.15, 0.2) is 0 Å². The number of nitrogens with zero attached hydrogens (tertiary/aromatic N) is 2. The van der Waals surface area contributed by atoms with Crippen molar-refractivity contribution in [1.29, 1.82) is 0 Å². The zero-order chi connectivity index (χ0) is 14.3. The highest BCUT2D eigenvalue weighted by molar-refractivity contribution is 6.38. The molecule has 106 valence electrons. The summed E-state index contributed by atoms with van der Waals surface area (Å²) in [5.41, 5.74) is 4.62. The van der Waals surface area contributed by atoms with Crippen LogP contribution in [0.1, 0.15) is 16.8 Å². The number of pyridine rings is 1. The van der Waals surface area contributed by atoms with Crippen LogP contribution in [0.5, 0.6) is 0 Å². The Balaban J connectivity index is 2.32. The van der Waals surface area contributed by atoms with Crippen molar-refractivity contribution in [1.82, 2.24) is 15.2 Å². The van der Waals surface area contributed by atoms with Crippen LogP contribution in [-0.2, 0) is 19.5 Å². The summed E-state index contributed by atoms with van der Waals surface area (Å²) >= 11 is 12.5. The third-order valence-corrected chi connectivity index (χ3v) is 4.33. The Kier molecular flexibility index (Phi) is 3.87. The topological polar surface area (TPSA) is 28.2 Å². The van der Waals surface area contributed by atoms with E-state index in [4.69, 9.17) is 28.2 Å². The van der Waals surface area contributed by atoms with Crippen LogP contribution in [0.4, 0.5) is 0 Å². The number of likely N-dealkylation sites (N-methyl/N-ethyl adjacent to an activating group) is 1. The van der Waals surface area contributed by atoms with Crippen LogP contribution in [-0.4, -0.2) is 30.5 Å². The van der Waals surface area contributed by atoms with Crippen LogP contribution in [0.15, 0.2) is 12.1 Å². The molecule has 20 heavy (non-hydrogen) atoms. The van der Waals surface area contributed by atoms with E-state index in [2.05, 4.69) is 17.3 Å². The Morgan fingerprint density at radius 2 is 2.15 bits per heavy atom. The van der Waals surface area contributed by atoms with Gasteiger partial charge in [0.1, 0.15) is 0 Å². The van der Waals surface area contributed by atoms with Crippen molar-refractivity contribution in [3.05, 3.63) is 39.0 Å². The van der Waals surface area contributed by atoms with E-state index in [9.17, 15) is 0 Å². The van der Waals surface area contributed by atoms with Crippen molar-refractivity contribution in [2.24, 2.45) is 0 Å². The van der Waals surface area contributed by atoms with Gasteiger partial charge in [-0.25, -0.2) is 0 Å². The summed E-state index contributed by atoms with van der Waals surface area (Å²) in [6.07, 6.45) is 0.970. The first kappa shape index (κ1) is 14.1. The quantitative estimate of drug-likeness (QED) is 0.923. The van der Waals surface area contributed by atoms with Gasteiger partial charge in [0.2, 0.25) is 0 Å². The maximum atomic E-state index is 6.33. The van der Waals surface area contributed by atoms with Crippen LogP contribution in [0.3, 0.4) is 0 Å². The molecule has 0 saturated heterocycles. The van der Waals surface area contributed by atoms with Gasteiger partial charge >= 0.3 is 0 Å². The van der Waals surface area contributed by atoms with E-state index >= 15 is 0 Å². The van der Waals surface area contributed by atoms with E-state index in [1.807, 2.05) is 13.1 Å². The second-order valence-electron chi connectivity index (χ2n) is 5.32. The molecule has 3 rings (SSSR count). The second-order valence-corrected chi connectivity index (χ2v) is 6.16. The lowest BCUT2D eigenvalue weighted by molar-refractivity contribution is 0.309. The van der Waals surface area contributed by atoms with Crippen molar-refractivity contribution in [2.45, 2.75) is 19.5 Å². The summed E-state index contributed by atoms with van der Waals surface area (Å²) in [5, 5.41) is 5.60. The average molecular weight is 310 g/mol. The molecule has 1 N–H and O–H groups in total. The number of aromatic nitrogens is 1. The highest BCUT2D eigenvalue weighted by Gasteiger charge is 2.21. The fraction of sp³-hybridized carbons (Fsp3) is 0.400. The number of halogens is 2. The molecule has 0 amide bonds. The number of benzene rings is 1. The van der Waals surface area contributed by atoms with Crippen LogP contribution in [0.25, 0.3) is 10.9 Å². The Bertz CT molecular complexity index is 670. The lowest BCUT2D eigenvalue weighted by Gasteiger charge is -2.27. The van der Waals surface area contributed by atoms with Crippen LogP contribution < -0.4 is 5.32 Å². The SMILES string of the molecule is CNCc1c2c(nc3c(Cl)cc(Cl)cc13)CCN(C)C2. The van der Waals surface area contributed by atoms with Crippen molar-refractivity contribution in [2.75, 3.05) is 20.6 Å². The predicted molar refractivity (Wildman–Crippen MR) is 84.6 cm³/mol. The number of hydrogen-bond acceptors (Lipinski definition) is 3. The molecule has 0 spiro atoms. The summed E-state index contributed by atoms with van der Waals surface area (Å²) in [6, 6.07) is 3.74. The largest absolute Gasteiger partial charge is 0.316 e. The first-order valence-electron chi connectivity index (χ1n) is 6.72. The van der Waals surface area contributed by atoms with E-state index in [1.165, 1.54) is 16.8 Å². The lowest BCUT2D eigenvalue weighted by atomic mass is 9.96. The maximum absolute atomic E-state index is 6.33. The Morgan fingerprint density at radius 1 is 1.35 bits per heavy atom. The van der Waals surface area contributed by atoms with Gasteiger partial charge < -0.3 is 10.2 Å². The molecule has 2 heterocycles. The first-order valence-corrected chi connectivity index (χ1v) is 7.48. The van der Waals surface area contributed by atoms with Crippen molar-refractivity contribution in [3.8, 4) is 0 Å². The Hall–Kier alpha value is -0.870. The van der Waals surface area contributed by atoms with Gasteiger partial charge in [-0.2, -0.15) is 0 Å². The minimum atomic E-state index is 0.631. The highest BCUT2D eigenvalue weighted by Crippen LogP contribution is 2.33. The smallest absolute Gasteiger partial charge is 0.0895 e. The minimum absolute atomic E-state index is 0.631. The third-order valence-electron chi connectivity index (χ3n) is 3.82. The molecule has 0 atom stereocenters. The summed E-state index contributed by atoms with van der Waals surface area (Å²) in [4.78, 5) is 7.11. The van der Waals surface area contributed by atoms with E-state index in [0.717, 1.165) is 37.0 Å². The van der Waals surface area contributed by atoms with Gasteiger partial charge in [0.25, 0.3) is 0 Å². The zero-order valence-corrected chi connectivity index (χ0v) is 13.1. The number of nitrogens with one attached hydrogen (secondary N) is 1. The minimum Gasteiger partial charge on any atom is -0.316 e. The molecule has 5 heteroatoms. The van der Waals surface area contributed by atoms with E-state index in [1.54, 1.807) is 6.07 Å². The molecule has 0 saturated carbocycles. The summed E-state index contributed by atoms with van der Waals surface area (Å²) in [6.45, 7) is 2.76. The molecule has 1 aromatic heterocycles. The van der Waals surface area contributed by atoms with Gasteiger partial charge in [0.05, 0.1) is 10.5 Å². The fourth-order valence-electron chi connectivity index (χ4n) is 2.87. The van der Waals surface area contributed by atoms with Gasteiger partial charge in [-0.15, -0.1) is 0 Å².